The van der Waals surface area contributed by atoms with Crippen LogP contribution in [0.3, 0.4) is 0 Å². The van der Waals surface area contributed by atoms with Crippen LogP contribution in [0.2, 0.25) is 5.02 Å². The molecule has 154 valence electrons. The summed E-state index contributed by atoms with van der Waals surface area (Å²) in [5.74, 6) is 0.0355. The maximum atomic E-state index is 12.9. The van der Waals surface area contributed by atoms with Crippen LogP contribution in [0.4, 0.5) is 13.2 Å². The van der Waals surface area contributed by atoms with E-state index in [0.29, 0.717) is 36.8 Å². The van der Waals surface area contributed by atoms with E-state index in [1.165, 1.54) is 4.68 Å². The molecule has 3 rings (SSSR count). The van der Waals surface area contributed by atoms with E-state index in [1.54, 1.807) is 11.6 Å². The van der Waals surface area contributed by atoms with Crippen molar-refractivity contribution in [2.75, 3.05) is 6.54 Å². The van der Waals surface area contributed by atoms with Crippen LogP contribution in [-0.4, -0.2) is 32.0 Å². The molecule has 0 aromatic carbocycles. The van der Waals surface area contributed by atoms with Crippen LogP contribution in [0, 0.1) is 13.8 Å². The summed E-state index contributed by atoms with van der Waals surface area (Å²) in [6, 6.07) is 1.15. The Morgan fingerprint density at radius 1 is 1.25 bits per heavy atom. The molecule has 1 saturated carbocycles. The van der Waals surface area contributed by atoms with Crippen LogP contribution in [0.25, 0.3) is 0 Å². The van der Waals surface area contributed by atoms with E-state index >= 15 is 0 Å². The summed E-state index contributed by atoms with van der Waals surface area (Å²) in [6.45, 7) is 4.79. The zero-order chi connectivity index (χ0) is 20.5. The monoisotopic (exact) mass is 417 g/mol. The van der Waals surface area contributed by atoms with Gasteiger partial charge in [0.15, 0.2) is 5.69 Å². The zero-order valence-electron chi connectivity index (χ0n) is 15.8. The minimum atomic E-state index is -4.44. The van der Waals surface area contributed by atoms with Gasteiger partial charge in [-0.1, -0.05) is 11.6 Å². The van der Waals surface area contributed by atoms with Gasteiger partial charge in [-0.3, -0.25) is 14.2 Å². The first-order valence-electron chi connectivity index (χ1n) is 9.28. The van der Waals surface area contributed by atoms with E-state index < -0.39 is 11.9 Å². The number of aryl methyl sites for hydroxylation is 3. The summed E-state index contributed by atoms with van der Waals surface area (Å²) in [6.07, 6.45) is -1.87. The molecule has 0 saturated heterocycles. The highest BCUT2D eigenvalue weighted by Gasteiger charge is 2.37. The number of hydrogen-bond donors (Lipinski definition) is 1. The number of rotatable bonds is 8. The number of amides is 1. The standard InChI is InChI=1S/C18H23ClF3N5O/c1-11-17(19)12(2)26(24-11)9-6-16(28)23-7-3-8-27-14(13-4-5-13)10-15(25-27)18(20,21)22/h10,13H,3-9H2,1-2H3,(H,23,28). The lowest BCUT2D eigenvalue weighted by atomic mass is 10.2. The number of carbonyl (C=O) groups excluding carboxylic acids is 1. The van der Waals surface area contributed by atoms with Crippen molar-refractivity contribution in [1.29, 1.82) is 0 Å². The van der Waals surface area contributed by atoms with E-state index in [1.807, 2.05) is 6.92 Å². The second-order valence-corrected chi connectivity index (χ2v) is 7.49. The van der Waals surface area contributed by atoms with Crippen LogP contribution in [-0.2, 0) is 24.1 Å². The summed E-state index contributed by atoms with van der Waals surface area (Å²) < 4.78 is 41.8. The molecule has 1 fully saturated rings. The first-order chi connectivity index (χ1) is 13.2. The Morgan fingerprint density at radius 3 is 2.54 bits per heavy atom. The number of aromatic nitrogens is 4. The largest absolute Gasteiger partial charge is 0.435 e. The van der Waals surface area contributed by atoms with Crippen LogP contribution in [0.1, 0.15) is 54.4 Å². The van der Waals surface area contributed by atoms with Crippen molar-refractivity contribution in [2.24, 2.45) is 0 Å². The second-order valence-electron chi connectivity index (χ2n) is 7.11. The van der Waals surface area contributed by atoms with Gasteiger partial charge in [0.25, 0.3) is 0 Å². The third-order valence-electron chi connectivity index (χ3n) is 4.81. The lowest BCUT2D eigenvalue weighted by Crippen LogP contribution is -2.26. The molecule has 0 spiro atoms. The van der Waals surface area contributed by atoms with Crippen LogP contribution >= 0.6 is 11.6 Å². The van der Waals surface area contributed by atoms with E-state index in [0.717, 1.165) is 30.3 Å². The van der Waals surface area contributed by atoms with E-state index in [9.17, 15) is 18.0 Å². The quantitative estimate of drug-likeness (QED) is 0.664. The van der Waals surface area contributed by atoms with Gasteiger partial charge in [-0.05, 0) is 39.2 Å². The van der Waals surface area contributed by atoms with Crippen molar-refractivity contribution in [3.63, 3.8) is 0 Å². The van der Waals surface area contributed by atoms with Gasteiger partial charge in [0, 0.05) is 31.1 Å². The predicted molar refractivity (Wildman–Crippen MR) is 98.2 cm³/mol. The summed E-state index contributed by atoms with van der Waals surface area (Å²) in [4.78, 5) is 12.0. The van der Waals surface area contributed by atoms with Gasteiger partial charge in [-0.15, -0.1) is 0 Å². The molecule has 1 N–H and O–H groups in total. The van der Waals surface area contributed by atoms with Gasteiger partial charge in [-0.2, -0.15) is 23.4 Å². The van der Waals surface area contributed by atoms with E-state index in [4.69, 9.17) is 11.6 Å². The Bertz CT molecular complexity index is 854. The molecule has 0 atom stereocenters. The molecular formula is C18H23ClF3N5O. The Balaban J connectivity index is 1.45. The van der Waals surface area contributed by atoms with Crippen molar-refractivity contribution in [3.05, 3.63) is 33.9 Å². The third kappa shape index (κ3) is 4.87. The molecule has 2 aromatic rings. The smallest absolute Gasteiger partial charge is 0.356 e. The number of alkyl halides is 3. The number of nitrogens with zero attached hydrogens (tertiary/aromatic N) is 4. The van der Waals surface area contributed by atoms with Crippen molar-refractivity contribution in [3.8, 4) is 0 Å². The number of halogens is 4. The second kappa shape index (κ2) is 8.14. The average molecular weight is 418 g/mol. The highest BCUT2D eigenvalue weighted by atomic mass is 35.5. The fourth-order valence-electron chi connectivity index (χ4n) is 3.10. The Morgan fingerprint density at radius 2 is 1.96 bits per heavy atom. The highest BCUT2D eigenvalue weighted by Crippen LogP contribution is 2.42. The molecule has 10 heteroatoms. The van der Waals surface area contributed by atoms with Crippen molar-refractivity contribution < 1.29 is 18.0 Å². The Kier molecular flexibility index (Phi) is 6.02. The number of carbonyl (C=O) groups is 1. The molecule has 28 heavy (non-hydrogen) atoms. The SMILES string of the molecule is Cc1nn(CCC(=O)NCCCn2nc(C(F)(F)F)cc2C2CC2)c(C)c1Cl. The van der Waals surface area contributed by atoms with Gasteiger partial charge < -0.3 is 5.32 Å². The lowest BCUT2D eigenvalue weighted by Gasteiger charge is -2.09. The van der Waals surface area contributed by atoms with E-state index in [2.05, 4.69) is 15.5 Å². The maximum Gasteiger partial charge on any atom is 0.435 e. The van der Waals surface area contributed by atoms with Gasteiger partial charge in [-0.25, -0.2) is 0 Å². The first kappa shape index (κ1) is 20.7. The van der Waals surface area contributed by atoms with Crippen LogP contribution in [0.5, 0.6) is 0 Å². The average Bonchev–Trinajstić information content (AvgIpc) is 3.33. The Labute approximate surface area is 166 Å². The maximum absolute atomic E-state index is 12.9. The zero-order valence-corrected chi connectivity index (χ0v) is 16.6. The lowest BCUT2D eigenvalue weighted by molar-refractivity contribution is -0.141. The number of hydrogen-bond acceptors (Lipinski definition) is 3. The summed E-state index contributed by atoms with van der Waals surface area (Å²) in [7, 11) is 0. The van der Waals surface area contributed by atoms with Crippen molar-refractivity contribution in [2.45, 2.75) is 64.7 Å². The minimum Gasteiger partial charge on any atom is -0.356 e. The molecule has 0 bridgehead atoms. The Hall–Kier alpha value is -2.03. The summed E-state index contributed by atoms with van der Waals surface area (Å²) >= 11 is 6.08. The molecule has 0 radical (unpaired) electrons. The molecule has 1 aliphatic carbocycles. The highest BCUT2D eigenvalue weighted by molar-refractivity contribution is 6.31. The minimum absolute atomic E-state index is 0.137. The van der Waals surface area contributed by atoms with Crippen molar-refractivity contribution >= 4 is 17.5 Å². The van der Waals surface area contributed by atoms with Crippen molar-refractivity contribution in [1.82, 2.24) is 24.9 Å². The van der Waals surface area contributed by atoms with Crippen LogP contribution in [0.15, 0.2) is 6.07 Å². The van der Waals surface area contributed by atoms with Crippen LogP contribution < -0.4 is 5.32 Å². The first-order valence-corrected chi connectivity index (χ1v) is 9.65. The molecule has 6 nitrogen and oxygen atoms in total. The molecule has 1 aliphatic rings. The van der Waals surface area contributed by atoms with E-state index in [-0.39, 0.29) is 18.2 Å². The summed E-state index contributed by atoms with van der Waals surface area (Å²) in [5, 5.41) is 11.4. The fraction of sp³-hybridized carbons (Fsp3) is 0.611. The molecule has 2 heterocycles. The van der Waals surface area contributed by atoms with Gasteiger partial charge >= 0.3 is 6.18 Å². The predicted octanol–water partition coefficient (Wildman–Crippen LogP) is 3.84. The third-order valence-corrected chi connectivity index (χ3v) is 5.36. The normalized spacial score (nSPS) is 14.5. The molecular weight excluding hydrogens is 395 g/mol. The number of nitrogens with one attached hydrogen (secondary N) is 1. The molecule has 0 unspecified atom stereocenters. The molecule has 0 aliphatic heterocycles. The van der Waals surface area contributed by atoms with Gasteiger partial charge in [0.2, 0.25) is 5.91 Å². The summed E-state index contributed by atoms with van der Waals surface area (Å²) in [5.41, 5.74) is 1.34. The topological polar surface area (TPSA) is 64.7 Å². The van der Waals surface area contributed by atoms with Gasteiger partial charge in [0.05, 0.1) is 23.0 Å². The molecule has 1 amide bonds. The molecule has 2 aromatic heterocycles. The van der Waals surface area contributed by atoms with Gasteiger partial charge in [0.1, 0.15) is 0 Å². The fourth-order valence-corrected chi connectivity index (χ4v) is 3.24.